The molecule has 1 aliphatic carbocycles. The average molecular weight is 271 g/mol. The van der Waals surface area contributed by atoms with E-state index in [1.807, 2.05) is 11.6 Å². The molecule has 1 N–H and O–H groups in total. The van der Waals surface area contributed by atoms with Crippen LogP contribution in [0.3, 0.4) is 0 Å². The van der Waals surface area contributed by atoms with E-state index in [2.05, 4.69) is 18.9 Å². The fourth-order valence-corrected chi connectivity index (χ4v) is 3.24. The quantitative estimate of drug-likeness (QED) is 0.912. The number of aliphatic hydroxyl groups is 1. The normalized spacial score (nSPS) is 25.6. The van der Waals surface area contributed by atoms with E-state index in [1.54, 1.807) is 0 Å². The first kappa shape index (κ1) is 13.9. The Kier molecular flexibility index (Phi) is 4.33. The van der Waals surface area contributed by atoms with Crippen LogP contribution in [0.1, 0.15) is 44.5 Å². The van der Waals surface area contributed by atoms with Crippen LogP contribution in [-0.2, 0) is 13.0 Å². The van der Waals surface area contributed by atoms with Gasteiger partial charge in [0.1, 0.15) is 0 Å². The molecule has 4 heteroatoms. The SMILES string of the molecule is CCn1nc(C)c(Cl)c1CC(O)C1CCC(C)C1. The van der Waals surface area contributed by atoms with E-state index in [9.17, 15) is 5.11 Å². The maximum Gasteiger partial charge on any atom is 0.0848 e. The molecule has 0 aromatic carbocycles. The van der Waals surface area contributed by atoms with Gasteiger partial charge in [0.2, 0.25) is 0 Å². The van der Waals surface area contributed by atoms with Gasteiger partial charge in [-0.25, -0.2) is 0 Å². The van der Waals surface area contributed by atoms with Gasteiger partial charge in [0, 0.05) is 13.0 Å². The van der Waals surface area contributed by atoms with Gasteiger partial charge >= 0.3 is 0 Å². The van der Waals surface area contributed by atoms with Gasteiger partial charge in [0.15, 0.2) is 0 Å². The van der Waals surface area contributed by atoms with Crippen molar-refractivity contribution in [1.82, 2.24) is 9.78 Å². The van der Waals surface area contributed by atoms with Gasteiger partial charge in [0.25, 0.3) is 0 Å². The lowest BCUT2D eigenvalue weighted by Gasteiger charge is -2.18. The fourth-order valence-electron chi connectivity index (χ4n) is 3.03. The maximum atomic E-state index is 10.4. The summed E-state index contributed by atoms with van der Waals surface area (Å²) >= 11 is 6.28. The molecule has 1 fully saturated rings. The van der Waals surface area contributed by atoms with Gasteiger partial charge in [0.05, 0.1) is 22.5 Å². The highest BCUT2D eigenvalue weighted by atomic mass is 35.5. The van der Waals surface area contributed by atoms with Crippen LogP contribution in [0, 0.1) is 18.8 Å². The van der Waals surface area contributed by atoms with Crippen molar-refractivity contribution in [1.29, 1.82) is 0 Å². The van der Waals surface area contributed by atoms with E-state index in [-0.39, 0.29) is 6.10 Å². The number of rotatable bonds is 4. The molecular weight excluding hydrogens is 248 g/mol. The van der Waals surface area contributed by atoms with Crippen molar-refractivity contribution in [2.24, 2.45) is 11.8 Å². The molecule has 2 rings (SSSR count). The predicted octanol–water partition coefficient (Wildman–Crippen LogP) is 3.20. The van der Waals surface area contributed by atoms with Crippen molar-refractivity contribution >= 4 is 11.6 Å². The molecule has 1 heterocycles. The zero-order valence-corrected chi connectivity index (χ0v) is 12.2. The van der Waals surface area contributed by atoms with Gasteiger partial charge in [-0.1, -0.05) is 24.9 Å². The molecule has 0 bridgehead atoms. The largest absolute Gasteiger partial charge is 0.392 e. The average Bonchev–Trinajstić information content (AvgIpc) is 2.88. The Morgan fingerprint density at radius 2 is 2.22 bits per heavy atom. The maximum absolute atomic E-state index is 10.4. The second kappa shape index (κ2) is 5.62. The van der Waals surface area contributed by atoms with Crippen LogP contribution in [0.4, 0.5) is 0 Å². The Morgan fingerprint density at radius 1 is 1.50 bits per heavy atom. The first-order valence-corrected chi connectivity index (χ1v) is 7.30. The fraction of sp³-hybridized carbons (Fsp3) is 0.786. The number of hydrogen-bond acceptors (Lipinski definition) is 2. The zero-order valence-electron chi connectivity index (χ0n) is 11.5. The topological polar surface area (TPSA) is 38.0 Å². The molecule has 0 spiro atoms. The third-order valence-electron chi connectivity index (χ3n) is 4.13. The highest BCUT2D eigenvalue weighted by molar-refractivity contribution is 6.31. The highest BCUT2D eigenvalue weighted by Gasteiger charge is 2.29. The molecule has 1 saturated carbocycles. The third kappa shape index (κ3) is 2.72. The molecule has 1 aliphatic rings. The minimum atomic E-state index is -0.283. The lowest BCUT2D eigenvalue weighted by molar-refractivity contribution is 0.107. The number of nitrogens with zero attached hydrogens (tertiary/aromatic N) is 2. The van der Waals surface area contributed by atoms with Crippen molar-refractivity contribution in [3.8, 4) is 0 Å². The summed E-state index contributed by atoms with van der Waals surface area (Å²) in [6, 6.07) is 0. The summed E-state index contributed by atoms with van der Waals surface area (Å²) in [5.74, 6) is 1.18. The second-order valence-electron chi connectivity index (χ2n) is 5.61. The molecule has 3 nitrogen and oxygen atoms in total. The van der Waals surface area contributed by atoms with Crippen LogP contribution in [0.15, 0.2) is 0 Å². The summed E-state index contributed by atoms with van der Waals surface area (Å²) in [5, 5.41) is 15.5. The molecule has 18 heavy (non-hydrogen) atoms. The van der Waals surface area contributed by atoms with Crippen LogP contribution in [0.5, 0.6) is 0 Å². The van der Waals surface area contributed by atoms with E-state index in [0.29, 0.717) is 12.3 Å². The smallest absolute Gasteiger partial charge is 0.0848 e. The molecule has 0 saturated heterocycles. The third-order valence-corrected chi connectivity index (χ3v) is 4.63. The van der Waals surface area contributed by atoms with E-state index < -0.39 is 0 Å². The first-order chi connectivity index (χ1) is 8.52. The number of aryl methyl sites for hydroxylation is 2. The van der Waals surface area contributed by atoms with E-state index in [0.717, 1.165) is 41.7 Å². The minimum Gasteiger partial charge on any atom is -0.392 e. The number of hydrogen-bond donors (Lipinski definition) is 1. The zero-order chi connectivity index (χ0) is 13.3. The number of halogens is 1. The Balaban J connectivity index is 2.09. The summed E-state index contributed by atoms with van der Waals surface area (Å²) < 4.78 is 1.92. The van der Waals surface area contributed by atoms with Gasteiger partial charge in [-0.2, -0.15) is 5.10 Å². The molecule has 0 radical (unpaired) electrons. The lowest BCUT2D eigenvalue weighted by atomic mass is 9.96. The van der Waals surface area contributed by atoms with Crippen molar-refractivity contribution in [3.63, 3.8) is 0 Å². The summed E-state index contributed by atoms with van der Waals surface area (Å²) in [6.07, 6.45) is 3.86. The van der Waals surface area contributed by atoms with E-state index in [1.165, 1.54) is 6.42 Å². The molecule has 0 amide bonds. The summed E-state index contributed by atoms with van der Waals surface area (Å²) in [5.41, 5.74) is 1.85. The summed E-state index contributed by atoms with van der Waals surface area (Å²) in [7, 11) is 0. The second-order valence-corrected chi connectivity index (χ2v) is 5.99. The standard InChI is InChI=1S/C14H23ClN2O/c1-4-17-12(14(15)10(3)16-17)8-13(18)11-6-5-9(2)7-11/h9,11,13,18H,4-8H2,1-3H3. The molecule has 102 valence electrons. The van der Waals surface area contributed by atoms with Crippen LogP contribution >= 0.6 is 11.6 Å². The van der Waals surface area contributed by atoms with E-state index in [4.69, 9.17) is 11.6 Å². The van der Waals surface area contributed by atoms with Gasteiger partial charge in [-0.15, -0.1) is 0 Å². The van der Waals surface area contributed by atoms with Gasteiger partial charge in [-0.05, 0) is 38.5 Å². The van der Waals surface area contributed by atoms with Crippen LogP contribution < -0.4 is 0 Å². The van der Waals surface area contributed by atoms with Crippen molar-refractivity contribution in [2.45, 2.75) is 59.1 Å². The predicted molar refractivity (Wildman–Crippen MR) is 73.9 cm³/mol. The van der Waals surface area contributed by atoms with Crippen molar-refractivity contribution < 1.29 is 5.11 Å². The first-order valence-electron chi connectivity index (χ1n) is 6.92. The Morgan fingerprint density at radius 3 is 2.78 bits per heavy atom. The van der Waals surface area contributed by atoms with Crippen LogP contribution in [0.25, 0.3) is 0 Å². The van der Waals surface area contributed by atoms with Crippen molar-refractivity contribution in [3.05, 3.63) is 16.4 Å². The van der Waals surface area contributed by atoms with Gasteiger partial charge in [-0.3, -0.25) is 4.68 Å². The number of aliphatic hydroxyl groups excluding tert-OH is 1. The van der Waals surface area contributed by atoms with Crippen molar-refractivity contribution in [2.75, 3.05) is 0 Å². The summed E-state index contributed by atoms with van der Waals surface area (Å²) in [4.78, 5) is 0. The molecule has 3 atom stereocenters. The van der Waals surface area contributed by atoms with Gasteiger partial charge < -0.3 is 5.11 Å². The Bertz CT molecular complexity index is 416. The summed E-state index contributed by atoms with van der Waals surface area (Å²) in [6.45, 7) is 7.04. The minimum absolute atomic E-state index is 0.283. The molecule has 3 unspecified atom stereocenters. The monoisotopic (exact) mass is 270 g/mol. The Labute approximate surface area is 114 Å². The lowest BCUT2D eigenvalue weighted by Crippen LogP contribution is -2.22. The van der Waals surface area contributed by atoms with Crippen LogP contribution in [0.2, 0.25) is 5.02 Å². The Hall–Kier alpha value is -0.540. The molecule has 1 aromatic rings. The highest BCUT2D eigenvalue weighted by Crippen LogP contribution is 2.34. The number of aromatic nitrogens is 2. The molecular formula is C14H23ClN2O. The van der Waals surface area contributed by atoms with Crippen LogP contribution in [-0.4, -0.2) is 21.0 Å². The molecule has 0 aliphatic heterocycles. The molecule has 1 aromatic heterocycles. The van der Waals surface area contributed by atoms with E-state index >= 15 is 0 Å².